The molecule has 0 spiro atoms. The topological polar surface area (TPSA) is 117 Å². The van der Waals surface area contributed by atoms with Crippen LogP contribution in [0.1, 0.15) is 0 Å². The van der Waals surface area contributed by atoms with Crippen LogP contribution in [0.15, 0.2) is 29.4 Å². The summed E-state index contributed by atoms with van der Waals surface area (Å²) in [5.74, 6) is -2.49. The number of nitrogens with one attached hydrogen (secondary N) is 2. The largest absolute Gasteiger partial charge is 0.350 e. The van der Waals surface area contributed by atoms with Crippen molar-refractivity contribution in [3.8, 4) is 0 Å². The number of primary amides is 1. The van der Waals surface area contributed by atoms with Gasteiger partial charge in [-0.2, -0.15) is 5.10 Å². The van der Waals surface area contributed by atoms with Gasteiger partial charge in [0.25, 0.3) is 5.91 Å². The molecule has 0 aromatic heterocycles. The van der Waals surface area contributed by atoms with Crippen molar-refractivity contribution in [1.29, 1.82) is 0 Å². The zero-order valence-electron chi connectivity index (χ0n) is 10.9. The number of urea groups is 1. The van der Waals surface area contributed by atoms with E-state index in [-0.39, 0.29) is 5.11 Å². The van der Waals surface area contributed by atoms with E-state index < -0.39 is 23.8 Å². The Labute approximate surface area is 135 Å². The second-order valence-corrected chi connectivity index (χ2v) is 5.00. The van der Waals surface area contributed by atoms with E-state index in [1.165, 1.54) is 0 Å². The van der Waals surface area contributed by atoms with Crippen molar-refractivity contribution in [1.82, 2.24) is 10.7 Å². The average molecular weight is 340 g/mol. The fraction of sp³-hybridized carbons (Fsp3) is 0.0833. The van der Waals surface area contributed by atoms with E-state index in [0.717, 1.165) is 11.1 Å². The maximum atomic E-state index is 12.4. The highest BCUT2D eigenvalue weighted by Crippen LogP contribution is 2.22. The van der Waals surface area contributed by atoms with Gasteiger partial charge in [-0.1, -0.05) is 11.6 Å². The Morgan fingerprint density at radius 2 is 2.05 bits per heavy atom. The number of hydrogen-bond acceptors (Lipinski definition) is 5. The molecule has 0 aliphatic carbocycles. The molecule has 0 saturated carbocycles. The minimum Gasteiger partial charge on any atom is -0.350 e. The fourth-order valence-corrected chi connectivity index (χ4v) is 2.15. The zero-order valence-corrected chi connectivity index (χ0v) is 12.5. The molecule has 1 aliphatic heterocycles. The van der Waals surface area contributed by atoms with Gasteiger partial charge in [-0.05, 0) is 36.5 Å². The maximum absolute atomic E-state index is 12.4. The number of carbonyl (C=O) groups excluding carboxylic acids is 3. The number of hydrogen-bond donors (Lipinski definition) is 3. The summed E-state index contributed by atoms with van der Waals surface area (Å²) in [5.41, 5.74) is 7.20. The van der Waals surface area contributed by atoms with Crippen molar-refractivity contribution < 1.29 is 14.4 Å². The van der Waals surface area contributed by atoms with Crippen molar-refractivity contribution in [3.63, 3.8) is 0 Å². The highest BCUT2D eigenvalue weighted by Gasteiger charge is 2.38. The van der Waals surface area contributed by atoms with Gasteiger partial charge in [-0.15, -0.1) is 0 Å². The SMILES string of the molecule is NC(=O)N/N=C\[C@H]1C(=O)NC(=S)N(c2ccc(Cl)cc2)C1=O. The van der Waals surface area contributed by atoms with Crippen molar-refractivity contribution >= 4 is 58.7 Å². The molecule has 0 unspecified atom stereocenters. The standard InChI is InChI=1S/C12H10ClN5O3S/c13-6-1-3-7(4-2-6)18-10(20)8(5-15-17-11(14)21)9(19)16-12(18)22/h1-5,8H,(H3,14,17,21)(H,16,19,22)/b15-5-/t8-/m0/s1. The molecule has 8 nitrogen and oxygen atoms in total. The molecule has 22 heavy (non-hydrogen) atoms. The molecule has 10 heteroatoms. The van der Waals surface area contributed by atoms with Gasteiger partial charge >= 0.3 is 6.03 Å². The minimum atomic E-state index is -1.24. The van der Waals surface area contributed by atoms with Crippen LogP contribution in [0.5, 0.6) is 0 Å². The minimum absolute atomic E-state index is 0.0511. The number of hydrazone groups is 1. The summed E-state index contributed by atoms with van der Waals surface area (Å²) in [6, 6.07) is 5.42. The van der Waals surface area contributed by atoms with Crippen LogP contribution >= 0.6 is 23.8 Å². The maximum Gasteiger partial charge on any atom is 0.332 e. The van der Waals surface area contributed by atoms with Gasteiger partial charge in [0, 0.05) is 11.2 Å². The molecule has 0 bridgehead atoms. The number of carbonyl (C=O) groups is 3. The van der Waals surface area contributed by atoms with Gasteiger partial charge in [0.05, 0.1) is 5.69 Å². The lowest BCUT2D eigenvalue weighted by Gasteiger charge is -2.30. The predicted octanol–water partition coefficient (Wildman–Crippen LogP) is 0.358. The summed E-state index contributed by atoms with van der Waals surface area (Å²) in [4.78, 5) is 35.9. The second kappa shape index (κ2) is 6.50. The Kier molecular flexibility index (Phi) is 4.68. The van der Waals surface area contributed by atoms with Crippen molar-refractivity contribution in [2.24, 2.45) is 16.8 Å². The van der Waals surface area contributed by atoms with Crippen LogP contribution < -0.4 is 21.4 Å². The fourth-order valence-electron chi connectivity index (χ4n) is 1.73. The molecule has 1 aliphatic rings. The summed E-state index contributed by atoms with van der Waals surface area (Å²) in [5, 5.41) is 6.27. The number of amides is 4. The van der Waals surface area contributed by atoms with E-state index in [0.29, 0.717) is 10.7 Å². The molecule has 4 amide bonds. The lowest BCUT2D eigenvalue weighted by molar-refractivity contribution is -0.130. The molecular formula is C12H10ClN5O3S. The first-order chi connectivity index (χ1) is 10.4. The van der Waals surface area contributed by atoms with Crippen LogP contribution in [-0.4, -0.2) is 29.2 Å². The number of nitrogens with zero attached hydrogens (tertiary/aromatic N) is 2. The number of thiocarbonyl (C=S) groups is 1. The number of anilines is 1. The van der Waals surface area contributed by atoms with E-state index in [1.807, 2.05) is 5.43 Å². The van der Waals surface area contributed by atoms with Crippen molar-refractivity contribution in [2.45, 2.75) is 0 Å². The van der Waals surface area contributed by atoms with Crippen LogP contribution in [0.4, 0.5) is 10.5 Å². The highest BCUT2D eigenvalue weighted by molar-refractivity contribution is 7.80. The number of rotatable bonds is 3. The van der Waals surface area contributed by atoms with Gasteiger partial charge in [0.2, 0.25) is 5.91 Å². The third-order valence-corrected chi connectivity index (χ3v) is 3.22. The van der Waals surface area contributed by atoms with Crippen LogP contribution in [-0.2, 0) is 9.59 Å². The molecule has 1 fully saturated rings. The van der Waals surface area contributed by atoms with Gasteiger partial charge in [-0.3, -0.25) is 14.5 Å². The summed E-state index contributed by atoms with van der Waals surface area (Å²) in [7, 11) is 0. The normalized spacial score (nSPS) is 18.5. The quantitative estimate of drug-likeness (QED) is 0.319. The Bertz CT molecular complexity index is 676. The van der Waals surface area contributed by atoms with Crippen molar-refractivity contribution in [2.75, 3.05) is 4.90 Å². The molecule has 4 N–H and O–H groups in total. The van der Waals surface area contributed by atoms with Crippen LogP contribution in [0, 0.1) is 5.92 Å². The smallest absolute Gasteiger partial charge is 0.332 e. The first kappa shape index (κ1) is 15.9. The predicted molar refractivity (Wildman–Crippen MR) is 84.4 cm³/mol. The van der Waals surface area contributed by atoms with Crippen LogP contribution in [0.3, 0.4) is 0 Å². The molecule has 1 aromatic carbocycles. The summed E-state index contributed by atoms with van der Waals surface area (Å²) in [6.07, 6.45) is 0.979. The highest BCUT2D eigenvalue weighted by atomic mass is 35.5. The molecule has 1 saturated heterocycles. The molecule has 1 atom stereocenters. The molecule has 2 rings (SSSR count). The van der Waals surface area contributed by atoms with E-state index in [2.05, 4.69) is 10.4 Å². The summed E-state index contributed by atoms with van der Waals surface area (Å²) >= 11 is 10.8. The van der Waals surface area contributed by atoms with E-state index in [4.69, 9.17) is 29.6 Å². The molecular weight excluding hydrogens is 330 g/mol. The summed E-state index contributed by atoms with van der Waals surface area (Å²) in [6.45, 7) is 0. The number of nitrogens with two attached hydrogens (primary N) is 1. The molecule has 1 heterocycles. The van der Waals surface area contributed by atoms with E-state index >= 15 is 0 Å². The Hall–Kier alpha value is -2.52. The average Bonchev–Trinajstić information content (AvgIpc) is 2.44. The lowest BCUT2D eigenvalue weighted by atomic mass is 10.1. The van der Waals surface area contributed by atoms with Gasteiger partial charge < -0.3 is 11.1 Å². The Morgan fingerprint density at radius 3 is 2.64 bits per heavy atom. The Balaban J connectivity index is 2.27. The van der Waals surface area contributed by atoms with Crippen molar-refractivity contribution in [3.05, 3.63) is 29.3 Å². The third kappa shape index (κ3) is 3.38. The second-order valence-electron chi connectivity index (χ2n) is 4.18. The van der Waals surface area contributed by atoms with E-state index in [9.17, 15) is 14.4 Å². The number of halogens is 1. The number of benzene rings is 1. The van der Waals surface area contributed by atoms with Crippen LogP contribution in [0.25, 0.3) is 0 Å². The monoisotopic (exact) mass is 339 g/mol. The van der Waals surface area contributed by atoms with Gasteiger partial charge in [0.1, 0.15) is 0 Å². The van der Waals surface area contributed by atoms with Crippen LogP contribution in [0.2, 0.25) is 5.02 Å². The van der Waals surface area contributed by atoms with Gasteiger partial charge in [-0.25, -0.2) is 10.2 Å². The zero-order chi connectivity index (χ0) is 16.3. The molecule has 1 aromatic rings. The summed E-state index contributed by atoms with van der Waals surface area (Å²) < 4.78 is 0. The molecule has 114 valence electrons. The first-order valence-electron chi connectivity index (χ1n) is 5.93. The Morgan fingerprint density at radius 1 is 1.41 bits per heavy atom. The van der Waals surface area contributed by atoms with Gasteiger partial charge in [0.15, 0.2) is 11.0 Å². The third-order valence-electron chi connectivity index (χ3n) is 2.69. The molecule has 0 radical (unpaired) electrons. The lowest BCUT2D eigenvalue weighted by Crippen LogP contribution is -2.58. The van der Waals surface area contributed by atoms with E-state index in [1.54, 1.807) is 24.3 Å². The first-order valence-corrected chi connectivity index (χ1v) is 6.72.